The van der Waals surface area contributed by atoms with Crippen molar-refractivity contribution in [3.05, 3.63) is 0 Å². The van der Waals surface area contributed by atoms with Gasteiger partial charge in [-0.2, -0.15) is 5.48 Å². The van der Waals surface area contributed by atoms with Gasteiger partial charge in [-0.3, -0.25) is 9.63 Å². The largest absolute Gasteiger partial charge is 0.442 e. The number of nitrogens with one attached hydrogen (secondary N) is 2. The minimum atomic E-state index is -0.737. The Morgan fingerprint density at radius 1 is 1.31 bits per heavy atom. The molecule has 0 saturated heterocycles. The van der Waals surface area contributed by atoms with E-state index < -0.39 is 11.7 Å². The first-order valence-corrected chi connectivity index (χ1v) is 4.92. The Bertz CT molecular complexity index is 237. The minimum absolute atomic E-state index is 0.279. The summed E-state index contributed by atoms with van der Waals surface area (Å²) in [6, 6.07) is 0. The molecule has 0 aromatic rings. The number of carbonyl (C=O) groups is 2. The first-order valence-electron chi connectivity index (χ1n) is 4.92. The maximum absolute atomic E-state index is 11.0. The molecule has 16 heavy (non-hydrogen) atoms. The van der Waals surface area contributed by atoms with Crippen molar-refractivity contribution in [2.45, 2.75) is 26.4 Å². The Kier molecular flexibility index (Phi) is 6.43. The summed E-state index contributed by atoms with van der Waals surface area (Å²) in [5, 5.41) is 2.47. The van der Waals surface area contributed by atoms with E-state index in [9.17, 15) is 9.59 Å². The number of amides is 2. The van der Waals surface area contributed by atoms with Crippen LogP contribution < -0.4 is 16.5 Å². The minimum Gasteiger partial charge on any atom is -0.442 e. The van der Waals surface area contributed by atoms with Gasteiger partial charge in [0, 0.05) is 13.1 Å². The maximum atomic E-state index is 11.0. The molecule has 0 heterocycles. The highest BCUT2D eigenvalue weighted by molar-refractivity contribution is 5.77. The molecular weight excluding hydrogens is 214 g/mol. The Labute approximate surface area is 94.6 Å². The van der Waals surface area contributed by atoms with Gasteiger partial charge in [-0.05, 0) is 20.8 Å². The van der Waals surface area contributed by atoms with E-state index in [1.165, 1.54) is 0 Å². The predicted octanol–water partition coefficient (Wildman–Crippen LogP) is -0.482. The zero-order chi connectivity index (χ0) is 12.6. The fraction of sp³-hybridized carbons (Fsp3) is 0.778. The van der Waals surface area contributed by atoms with E-state index in [0.717, 1.165) is 0 Å². The van der Waals surface area contributed by atoms with Crippen molar-refractivity contribution in [3.63, 3.8) is 0 Å². The summed E-state index contributed by atoms with van der Waals surface area (Å²) in [4.78, 5) is 26.7. The van der Waals surface area contributed by atoms with Crippen LogP contribution in [-0.2, 0) is 14.4 Å². The molecule has 0 radical (unpaired) electrons. The summed E-state index contributed by atoms with van der Waals surface area (Å²) < 4.78 is 4.87. The van der Waals surface area contributed by atoms with E-state index in [4.69, 9.17) is 10.5 Å². The van der Waals surface area contributed by atoms with E-state index in [-0.39, 0.29) is 12.5 Å². The van der Waals surface area contributed by atoms with E-state index in [1.54, 1.807) is 20.8 Å². The van der Waals surface area contributed by atoms with Crippen LogP contribution in [0.5, 0.6) is 0 Å². The van der Waals surface area contributed by atoms with Gasteiger partial charge in [0.05, 0.1) is 0 Å². The second kappa shape index (κ2) is 7.02. The lowest BCUT2D eigenvalue weighted by Gasteiger charge is -2.19. The Morgan fingerprint density at radius 2 is 1.94 bits per heavy atom. The molecule has 0 aromatic heterocycles. The van der Waals surface area contributed by atoms with Crippen LogP contribution in [0.3, 0.4) is 0 Å². The summed E-state index contributed by atoms with van der Waals surface area (Å²) >= 11 is 0. The van der Waals surface area contributed by atoms with Gasteiger partial charge in [0.1, 0.15) is 5.60 Å². The smallest absolute Gasteiger partial charge is 0.431 e. The first-order chi connectivity index (χ1) is 7.35. The number of hydroxylamine groups is 1. The normalized spacial score (nSPS) is 10.8. The van der Waals surface area contributed by atoms with Crippen LogP contribution in [-0.4, -0.2) is 37.3 Å². The van der Waals surface area contributed by atoms with Gasteiger partial charge < -0.3 is 15.8 Å². The van der Waals surface area contributed by atoms with Gasteiger partial charge in [0.15, 0.2) is 6.61 Å². The summed E-state index contributed by atoms with van der Waals surface area (Å²) in [5.74, 6) is -0.360. The molecule has 0 unspecified atom stereocenters. The van der Waals surface area contributed by atoms with E-state index >= 15 is 0 Å². The molecule has 0 aromatic carbocycles. The Morgan fingerprint density at radius 3 is 2.44 bits per heavy atom. The topological polar surface area (TPSA) is 103 Å². The molecule has 7 heteroatoms. The predicted molar refractivity (Wildman–Crippen MR) is 57.4 cm³/mol. The fourth-order valence-electron chi connectivity index (χ4n) is 0.722. The van der Waals surface area contributed by atoms with Gasteiger partial charge >= 0.3 is 6.09 Å². The average molecular weight is 233 g/mol. The van der Waals surface area contributed by atoms with Crippen molar-refractivity contribution in [2.24, 2.45) is 5.73 Å². The zero-order valence-corrected chi connectivity index (χ0v) is 9.83. The van der Waals surface area contributed by atoms with Gasteiger partial charge in [0.2, 0.25) is 5.91 Å². The molecular formula is C9H19N3O4. The average Bonchev–Trinajstić information content (AvgIpc) is 2.11. The molecule has 0 rings (SSSR count). The van der Waals surface area contributed by atoms with Crippen LogP contribution in [0.1, 0.15) is 20.8 Å². The van der Waals surface area contributed by atoms with Gasteiger partial charge in [-0.1, -0.05) is 0 Å². The Balaban J connectivity index is 3.58. The molecule has 94 valence electrons. The van der Waals surface area contributed by atoms with Crippen LogP contribution in [0.4, 0.5) is 4.79 Å². The lowest BCUT2D eigenvalue weighted by atomic mass is 10.2. The maximum Gasteiger partial charge on any atom is 0.431 e. The molecule has 0 aliphatic rings. The highest BCUT2D eigenvalue weighted by Gasteiger charge is 2.16. The lowest BCUT2D eigenvalue weighted by molar-refractivity contribution is -0.128. The monoisotopic (exact) mass is 233 g/mol. The van der Waals surface area contributed by atoms with Crippen molar-refractivity contribution in [1.82, 2.24) is 10.8 Å². The molecule has 0 saturated carbocycles. The van der Waals surface area contributed by atoms with Gasteiger partial charge in [-0.15, -0.1) is 0 Å². The van der Waals surface area contributed by atoms with Crippen LogP contribution in [0, 0.1) is 0 Å². The van der Waals surface area contributed by atoms with Crippen molar-refractivity contribution in [3.8, 4) is 0 Å². The summed E-state index contributed by atoms with van der Waals surface area (Å²) in [6.45, 7) is 5.61. The number of ether oxygens (including phenoxy) is 1. The number of nitrogens with two attached hydrogens (primary N) is 1. The van der Waals surface area contributed by atoms with Crippen LogP contribution in [0.25, 0.3) is 0 Å². The molecule has 0 aliphatic carbocycles. The molecule has 0 aliphatic heterocycles. The van der Waals surface area contributed by atoms with Crippen molar-refractivity contribution in [2.75, 3.05) is 19.7 Å². The SMILES string of the molecule is CC(C)(C)OC(=O)NOCC(=O)NCCN. The molecule has 0 spiro atoms. The van der Waals surface area contributed by atoms with Crippen molar-refractivity contribution >= 4 is 12.0 Å². The second-order valence-electron chi connectivity index (χ2n) is 4.03. The highest BCUT2D eigenvalue weighted by atomic mass is 16.7. The molecule has 4 N–H and O–H groups in total. The number of carbonyl (C=O) groups excluding carboxylic acids is 2. The summed E-state index contributed by atoms with van der Waals surface area (Å²) in [7, 11) is 0. The third-order valence-electron chi connectivity index (χ3n) is 1.22. The molecule has 0 fully saturated rings. The van der Waals surface area contributed by atoms with E-state index in [1.807, 2.05) is 5.48 Å². The van der Waals surface area contributed by atoms with E-state index in [0.29, 0.717) is 13.1 Å². The molecule has 7 nitrogen and oxygen atoms in total. The highest BCUT2D eigenvalue weighted by Crippen LogP contribution is 2.06. The standard InChI is InChI=1S/C9H19N3O4/c1-9(2,3)16-8(14)12-15-6-7(13)11-5-4-10/h4-6,10H2,1-3H3,(H,11,13)(H,12,14). The van der Waals surface area contributed by atoms with Crippen LogP contribution in [0.15, 0.2) is 0 Å². The zero-order valence-electron chi connectivity index (χ0n) is 9.83. The van der Waals surface area contributed by atoms with Gasteiger partial charge in [0.25, 0.3) is 0 Å². The molecule has 0 atom stereocenters. The molecule has 2 amide bonds. The molecule has 0 bridgehead atoms. The van der Waals surface area contributed by atoms with Gasteiger partial charge in [-0.25, -0.2) is 4.79 Å². The van der Waals surface area contributed by atoms with Crippen molar-refractivity contribution in [1.29, 1.82) is 0 Å². The van der Waals surface area contributed by atoms with Crippen molar-refractivity contribution < 1.29 is 19.2 Å². The second-order valence-corrected chi connectivity index (χ2v) is 4.03. The number of hydrogen-bond acceptors (Lipinski definition) is 5. The quantitative estimate of drug-likeness (QED) is 0.556. The lowest BCUT2D eigenvalue weighted by Crippen LogP contribution is -2.37. The number of hydrogen-bond donors (Lipinski definition) is 3. The third kappa shape index (κ3) is 9.22. The summed E-state index contributed by atoms with van der Waals surface area (Å²) in [5.41, 5.74) is 6.57. The summed E-state index contributed by atoms with van der Waals surface area (Å²) in [6.07, 6.45) is -0.737. The number of rotatable bonds is 5. The van der Waals surface area contributed by atoms with Crippen LogP contribution >= 0.6 is 0 Å². The third-order valence-corrected chi connectivity index (χ3v) is 1.22. The van der Waals surface area contributed by atoms with Crippen LogP contribution in [0.2, 0.25) is 0 Å². The first kappa shape index (κ1) is 14.7. The van der Waals surface area contributed by atoms with E-state index in [2.05, 4.69) is 10.2 Å². The fourth-order valence-corrected chi connectivity index (χ4v) is 0.722. The Hall–Kier alpha value is -1.34.